The zero-order valence-corrected chi connectivity index (χ0v) is 3.89. The molecule has 0 aliphatic carbocycles. The molecule has 0 aromatic heterocycles. The van der Waals surface area contributed by atoms with E-state index in [9.17, 15) is 0 Å². The van der Waals surface area contributed by atoms with Crippen LogP contribution in [0.2, 0.25) is 0 Å². The number of hydrogen-bond acceptors (Lipinski definition) is 2. The molecular weight excluding hydrogens is 94.1 g/mol. The lowest BCUT2D eigenvalue weighted by Gasteiger charge is -1.71. The Morgan fingerprint density at radius 2 is 2.57 bits per heavy atom. The number of nitrogens with one attached hydrogen (secondary N) is 2. The van der Waals surface area contributed by atoms with Crippen molar-refractivity contribution in [2.24, 2.45) is 0 Å². The van der Waals surface area contributed by atoms with Gasteiger partial charge < -0.3 is 0 Å². The van der Waals surface area contributed by atoms with Crippen molar-refractivity contribution in [3.8, 4) is 6.07 Å². The SMILES string of the molecule is CC#[N+]C(=N)NO. The van der Waals surface area contributed by atoms with Gasteiger partial charge in [0.15, 0.2) is 0 Å². The highest BCUT2D eigenvalue weighted by Gasteiger charge is 1.93. The van der Waals surface area contributed by atoms with Gasteiger partial charge in [-0.05, 0) is 0 Å². The lowest BCUT2D eigenvalue weighted by molar-refractivity contribution is 0.234. The van der Waals surface area contributed by atoms with Gasteiger partial charge in [0.25, 0.3) is 0 Å². The first-order valence-electron chi connectivity index (χ1n) is 1.67. The minimum atomic E-state index is -0.303. The van der Waals surface area contributed by atoms with Crippen LogP contribution in [0.25, 0.3) is 4.85 Å². The lowest BCUT2D eigenvalue weighted by atomic mass is 10.9. The van der Waals surface area contributed by atoms with Crippen molar-refractivity contribution in [3.05, 3.63) is 4.85 Å². The fraction of sp³-hybridized carbons (Fsp3) is 0.333. The average Bonchev–Trinajstić information content (AvgIpc) is 1.68. The maximum Gasteiger partial charge on any atom is 0.509 e. The van der Waals surface area contributed by atoms with Crippen LogP contribution >= 0.6 is 0 Å². The largest absolute Gasteiger partial charge is 0.509 e. The summed E-state index contributed by atoms with van der Waals surface area (Å²) < 4.78 is 0. The van der Waals surface area contributed by atoms with Gasteiger partial charge in [-0.2, -0.15) is 4.85 Å². The van der Waals surface area contributed by atoms with Gasteiger partial charge in [-0.1, -0.05) is 0 Å². The van der Waals surface area contributed by atoms with E-state index >= 15 is 0 Å². The van der Waals surface area contributed by atoms with Gasteiger partial charge >= 0.3 is 5.96 Å². The molecule has 0 aromatic carbocycles. The summed E-state index contributed by atoms with van der Waals surface area (Å²) in [5, 5.41) is 14.4. The van der Waals surface area contributed by atoms with E-state index in [4.69, 9.17) is 10.6 Å². The lowest BCUT2D eigenvalue weighted by Crippen LogP contribution is -2.12. The Kier molecular flexibility index (Phi) is 2.64. The Labute approximate surface area is 41.1 Å². The van der Waals surface area contributed by atoms with Crippen molar-refractivity contribution >= 4 is 5.96 Å². The van der Waals surface area contributed by atoms with Crippen molar-refractivity contribution in [1.29, 1.82) is 5.41 Å². The summed E-state index contributed by atoms with van der Waals surface area (Å²) in [5.41, 5.74) is 1.52. The normalized spacial score (nSPS) is 6.00. The molecule has 0 bridgehead atoms. The first-order chi connectivity index (χ1) is 3.31. The molecule has 0 amide bonds. The van der Waals surface area contributed by atoms with Gasteiger partial charge in [0.2, 0.25) is 0 Å². The van der Waals surface area contributed by atoms with Crippen LogP contribution in [-0.2, 0) is 0 Å². The molecule has 0 radical (unpaired) electrons. The third-order valence-corrected chi connectivity index (χ3v) is 0.330. The minimum absolute atomic E-state index is 0.303. The average molecular weight is 100 g/mol. The summed E-state index contributed by atoms with van der Waals surface area (Å²) in [6, 6.07) is 2.30. The third-order valence-electron chi connectivity index (χ3n) is 0.330. The molecular formula is C3H6N3O+. The van der Waals surface area contributed by atoms with Crippen LogP contribution in [0.3, 0.4) is 0 Å². The molecule has 0 spiro atoms. The Hall–Kier alpha value is -1.08. The topological polar surface area (TPSA) is 60.5 Å². The second-order valence-electron chi connectivity index (χ2n) is 0.796. The summed E-state index contributed by atoms with van der Waals surface area (Å²) in [7, 11) is 0. The Bertz CT molecular complexity index is 120. The van der Waals surface area contributed by atoms with E-state index in [-0.39, 0.29) is 5.96 Å². The summed E-state index contributed by atoms with van der Waals surface area (Å²) in [6.45, 7) is 1.53. The summed E-state index contributed by atoms with van der Waals surface area (Å²) >= 11 is 0. The fourth-order valence-corrected chi connectivity index (χ4v) is 0.137. The molecule has 3 N–H and O–H groups in total. The summed E-state index contributed by atoms with van der Waals surface area (Å²) in [4.78, 5) is 3.22. The van der Waals surface area contributed by atoms with Crippen LogP contribution in [-0.4, -0.2) is 11.2 Å². The molecule has 0 aromatic rings. The molecule has 0 rings (SSSR count). The van der Waals surface area contributed by atoms with Gasteiger partial charge in [0.1, 0.15) is 6.07 Å². The second-order valence-corrected chi connectivity index (χ2v) is 0.796. The highest BCUT2D eigenvalue weighted by Crippen LogP contribution is 1.62. The number of hydrogen-bond donors (Lipinski definition) is 3. The molecule has 0 saturated heterocycles. The monoisotopic (exact) mass is 100 g/mol. The Morgan fingerprint density at radius 1 is 2.00 bits per heavy atom. The summed E-state index contributed by atoms with van der Waals surface area (Å²) in [6.07, 6.45) is 0. The maximum atomic E-state index is 7.86. The van der Waals surface area contributed by atoms with E-state index in [0.29, 0.717) is 0 Å². The molecule has 4 heteroatoms. The first kappa shape index (κ1) is 5.92. The number of hydroxylamine groups is 1. The predicted molar refractivity (Wildman–Crippen MR) is 25.6 cm³/mol. The van der Waals surface area contributed by atoms with E-state index in [1.54, 1.807) is 0 Å². The van der Waals surface area contributed by atoms with Crippen molar-refractivity contribution in [1.82, 2.24) is 5.48 Å². The third kappa shape index (κ3) is 2.73. The van der Waals surface area contributed by atoms with Gasteiger partial charge in [-0.25, -0.2) is 5.21 Å². The van der Waals surface area contributed by atoms with Crippen molar-refractivity contribution in [3.63, 3.8) is 0 Å². The molecule has 38 valence electrons. The van der Waals surface area contributed by atoms with E-state index in [0.717, 1.165) is 0 Å². The predicted octanol–water partition coefficient (Wildman–Crippen LogP) is 0.253. The fourth-order valence-electron chi connectivity index (χ4n) is 0.137. The molecule has 0 saturated carbocycles. The first-order valence-corrected chi connectivity index (χ1v) is 1.67. The number of nitrogens with zero attached hydrogens (tertiary/aromatic N) is 1. The van der Waals surface area contributed by atoms with Crippen LogP contribution in [0.5, 0.6) is 0 Å². The molecule has 0 aliphatic heterocycles. The van der Waals surface area contributed by atoms with Gasteiger partial charge in [0, 0.05) is 6.92 Å². The van der Waals surface area contributed by atoms with Crippen molar-refractivity contribution in [2.75, 3.05) is 0 Å². The standard InChI is InChI=1S/C3H6N3O/c1-2-5-3(4)6-7/h7H,1H3,(H2,4,6)/q+1. The summed E-state index contributed by atoms with van der Waals surface area (Å²) in [5.74, 6) is -0.303. The molecule has 7 heavy (non-hydrogen) atoms. The van der Waals surface area contributed by atoms with Crippen LogP contribution in [0.1, 0.15) is 6.92 Å². The van der Waals surface area contributed by atoms with Gasteiger partial charge in [-0.3, -0.25) is 0 Å². The van der Waals surface area contributed by atoms with Crippen LogP contribution in [0.4, 0.5) is 0 Å². The highest BCUT2D eigenvalue weighted by molar-refractivity contribution is 5.85. The quantitative estimate of drug-likeness (QED) is 0.232. The smallest absolute Gasteiger partial charge is 0.234 e. The molecule has 0 heterocycles. The zero-order chi connectivity index (χ0) is 5.70. The maximum absolute atomic E-state index is 7.86. The molecule has 4 nitrogen and oxygen atoms in total. The molecule has 0 aliphatic rings. The second kappa shape index (κ2) is 3.12. The Morgan fingerprint density at radius 3 is 2.71 bits per heavy atom. The van der Waals surface area contributed by atoms with Crippen LogP contribution in [0, 0.1) is 11.5 Å². The number of guanidine groups is 1. The van der Waals surface area contributed by atoms with Crippen LogP contribution < -0.4 is 5.48 Å². The van der Waals surface area contributed by atoms with E-state index < -0.39 is 0 Å². The van der Waals surface area contributed by atoms with E-state index in [1.165, 1.54) is 12.4 Å². The molecule has 0 atom stereocenters. The van der Waals surface area contributed by atoms with Crippen molar-refractivity contribution < 1.29 is 5.21 Å². The highest BCUT2D eigenvalue weighted by atomic mass is 16.5. The van der Waals surface area contributed by atoms with Crippen LogP contribution in [0.15, 0.2) is 0 Å². The van der Waals surface area contributed by atoms with Gasteiger partial charge in [0.05, 0.1) is 0 Å². The number of rotatable bonds is 0. The Balaban J connectivity index is 3.52. The molecule has 0 fully saturated rings. The minimum Gasteiger partial charge on any atom is -0.234 e. The van der Waals surface area contributed by atoms with E-state index in [2.05, 4.69) is 10.9 Å². The van der Waals surface area contributed by atoms with Gasteiger partial charge in [-0.15, -0.1) is 10.9 Å². The van der Waals surface area contributed by atoms with Crippen molar-refractivity contribution in [2.45, 2.75) is 6.92 Å². The molecule has 0 unspecified atom stereocenters. The van der Waals surface area contributed by atoms with E-state index in [1.807, 2.05) is 0 Å². The zero-order valence-electron chi connectivity index (χ0n) is 3.89.